The molecule has 0 amide bonds. The molecule has 1 aliphatic heterocycles. The van der Waals surface area contributed by atoms with Crippen molar-refractivity contribution in [2.24, 2.45) is 5.92 Å². The number of rotatable bonds is 2. The van der Waals surface area contributed by atoms with Crippen LogP contribution in [0.1, 0.15) is 42.9 Å². The molecule has 2 heterocycles. The first-order chi connectivity index (χ1) is 8.86. The minimum absolute atomic E-state index is 0.0676. The van der Waals surface area contributed by atoms with Crippen LogP contribution < -0.4 is 5.32 Å². The van der Waals surface area contributed by atoms with Crippen LogP contribution in [0.15, 0.2) is 18.3 Å². The van der Waals surface area contributed by atoms with Crippen molar-refractivity contribution in [3.05, 3.63) is 29.6 Å². The number of hydrogen-bond donors (Lipinski definition) is 1. The largest absolute Gasteiger partial charge is 0.317 e. The maximum absolute atomic E-state index is 12.6. The molecule has 0 radical (unpaired) electrons. The second-order valence-corrected chi connectivity index (χ2v) is 5.42. The van der Waals surface area contributed by atoms with Crippen LogP contribution in [0, 0.1) is 5.92 Å². The Hall–Kier alpha value is -1.22. The molecule has 1 aliphatic carbocycles. The predicted molar refractivity (Wildman–Crippen MR) is 70.5 cm³/mol. The molecule has 1 aromatic heterocycles. The number of pyridine rings is 1. The highest BCUT2D eigenvalue weighted by molar-refractivity contribution is 5.88. The first kappa shape index (κ1) is 11.8. The van der Waals surface area contributed by atoms with E-state index in [2.05, 4.69) is 16.4 Å². The number of aromatic nitrogens is 1. The van der Waals surface area contributed by atoms with Crippen LogP contribution in [-0.2, 0) is 11.2 Å². The fourth-order valence-corrected chi connectivity index (χ4v) is 3.28. The molecule has 0 bridgehead atoms. The summed E-state index contributed by atoms with van der Waals surface area (Å²) in [5, 5.41) is 3.32. The summed E-state index contributed by atoms with van der Waals surface area (Å²) in [6, 6.07) is 4.11. The average Bonchev–Trinajstić information content (AvgIpc) is 2.47. The number of ketones is 1. The number of aryl methyl sites for hydroxylation is 1. The van der Waals surface area contributed by atoms with Crippen molar-refractivity contribution in [1.29, 1.82) is 0 Å². The van der Waals surface area contributed by atoms with Gasteiger partial charge >= 0.3 is 0 Å². The minimum Gasteiger partial charge on any atom is -0.317 e. The number of hydrogen-bond acceptors (Lipinski definition) is 3. The van der Waals surface area contributed by atoms with Gasteiger partial charge in [0.25, 0.3) is 0 Å². The molecule has 1 unspecified atom stereocenters. The summed E-state index contributed by atoms with van der Waals surface area (Å²) < 4.78 is 0. The summed E-state index contributed by atoms with van der Waals surface area (Å²) >= 11 is 0. The highest BCUT2D eigenvalue weighted by atomic mass is 16.1. The molecule has 3 heteroatoms. The number of nitrogens with zero attached hydrogens (tertiary/aromatic N) is 1. The first-order valence-electron chi connectivity index (χ1n) is 7.04. The van der Waals surface area contributed by atoms with Crippen LogP contribution in [0.2, 0.25) is 0 Å². The standard InChI is InChI=1S/C15H20N2O/c18-15(12-6-9-16-10-7-12)13-5-1-3-11-4-2-8-17-14(11)13/h2,4,8,12-13,16H,1,3,5-7,9-10H2. The molecule has 0 spiro atoms. The SMILES string of the molecule is O=C(C1CCNCC1)C1CCCc2cccnc21. The zero-order valence-electron chi connectivity index (χ0n) is 10.7. The Labute approximate surface area is 108 Å². The zero-order chi connectivity index (χ0) is 12.4. The quantitative estimate of drug-likeness (QED) is 0.866. The van der Waals surface area contributed by atoms with Gasteiger partial charge in [0.15, 0.2) is 0 Å². The van der Waals surface area contributed by atoms with E-state index in [1.54, 1.807) is 0 Å². The number of nitrogens with one attached hydrogen (secondary N) is 1. The summed E-state index contributed by atoms with van der Waals surface area (Å²) in [7, 11) is 0. The van der Waals surface area contributed by atoms with Gasteiger partial charge in [-0.15, -0.1) is 0 Å². The third-order valence-electron chi connectivity index (χ3n) is 4.28. The molecule has 2 aliphatic rings. The molecule has 1 atom stereocenters. The summed E-state index contributed by atoms with van der Waals surface area (Å²) in [5.41, 5.74) is 2.35. The van der Waals surface area contributed by atoms with Crippen molar-refractivity contribution in [3.8, 4) is 0 Å². The fraction of sp³-hybridized carbons (Fsp3) is 0.600. The van der Waals surface area contributed by atoms with E-state index in [9.17, 15) is 4.79 Å². The molecular weight excluding hydrogens is 224 g/mol. The van der Waals surface area contributed by atoms with Gasteiger partial charge in [0.05, 0.1) is 11.6 Å². The summed E-state index contributed by atoms with van der Waals surface area (Å²) in [5.74, 6) is 0.762. The van der Waals surface area contributed by atoms with Crippen molar-refractivity contribution in [2.75, 3.05) is 13.1 Å². The molecule has 1 fully saturated rings. The van der Waals surface area contributed by atoms with Crippen molar-refractivity contribution in [1.82, 2.24) is 10.3 Å². The average molecular weight is 244 g/mol. The van der Waals surface area contributed by atoms with Gasteiger partial charge < -0.3 is 5.32 Å². The van der Waals surface area contributed by atoms with Gasteiger partial charge in [-0.05, 0) is 56.8 Å². The van der Waals surface area contributed by atoms with E-state index in [0.29, 0.717) is 5.78 Å². The zero-order valence-corrected chi connectivity index (χ0v) is 10.7. The van der Waals surface area contributed by atoms with Crippen molar-refractivity contribution < 1.29 is 4.79 Å². The highest BCUT2D eigenvalue weighted by Crippen LogP contribution is 2.34. The molecule has 0 saturated carbocycles. The van der Waals surface area contributed by atoms with Crippen molar-refractivity contribution in [3.63, 3.8) is 0 Å². The minimum atomic E-state index is 0.0676. The van der Waals surface area contributed by atoms with E-state index in [1.165, 1.54) is 5.56 Å². The lowest BCUT2D eigenvalue weighted by atomic mass is 9.78. The molecule has 1 saturated heterocycles. The van der Waals surface area contributed by atoms with E-state index in [4.69, 9.17) is 0 Å². The van der Waals surface area contributed by atoms with Crippen LogP contribution >= 0.6 is 0 Å². The van der Waals surface area contributed by atoms with Crippen molar-refractivity contribution >= 4 is 5.78 Å². The maximum Gasteiger partial charge on any atom is 0.145 e. The van der Waals surface area contributed by atoms with Gasteiger partial charge in [-0.25, -0.2) is 0 Å². The molecule has 96 valence electrons. The monoisotopic (exact) mass is 244 g/mol. The maximum atomic E-state index is 12.6. The molecule has 3 nitrogen and oxygen atoms in total. The Balaban J connectivity index is 1.82. The van der Waals surface area contributed by atoms with Gasteiger partial charge in [0.1, 0.15) is 5.78 Å². The normalized spacial score (nSPS) is 24.6. The topological polar surface area (TPSA) is 42.0 Å². The van der Waals surface area contributed by atoms with E-state index in [1.807, 2.05) is 12.3 Å². The molecule has 1 aromatic rings. The molecule has 18 heavy (non-hydrogen) atoms. The Morgan fingerprint density at radius 1 is 1.28 bits per heavy atom. The van der Waals surface area contributed by atoms with Gasteiger partial charge in [-0.2, -0.15) is 0 Å². The van der Waals surface area contributed by atoms with E-state index >= 15 is 0 Å². The second-order valence-electron chi connectivity index (χ2n) is 5.42. The summed E-state index contributed by atoms with van der Waals surface area (Å²) in [6.07, 6.45) is 7.02. The predicted octanol–water partition coefficient (Wildman–Crippen LogP) is 2.07. The van der Waals surface area contributed by atoms with Crippen LogP contribution in [0.25, 0.3) is 0 Å². The van der Waals surface area contributed by atoms with Gasteiger partial charge in [-0.3, -0.25) is 9.78 Å². The first-order valence-corrected chi connectivity index (χ1v) is 7.04. The van der Waals surface area contributed by atoms with Gasteiger partial charge in [-0.1, -0.05) is 6.07 Å². The number of fused-ring (bicyclic) bond motifs is 1. The number of Topliss-reactive ketones (excluding diaryl/α,β-unsaturated/α-hetero) is 1. The lowest BCUT2D eigenvalue weighted by molar-refractivity contribution is -0.125. The molecular formula is C15H20N2O. The number of piperidine rings is 1. The van der Waals surface area contributed by atoms with Crippen LogP contribution in [-0.4, -0.2) is 23.9 Å². The highest BCUT2D eigenvalue weighted by Gasteiger charge is 2.32. The van der Waals surface area contributed by atoms with Crippen LogP contribution in [0.5, 0.6) is 0 Å². The van der Waals surface area contributed by atoms with Crippen LogP contribution in [0.3, 0.4) is 0 Å². The van der Waals surface area contributed by atoms with E-state index in [0.717, 1.165) is 50.9 Å². The molecule has 1 N–H and O–H groups in total. The molecule has 3 rings (SSSR count). The summed E-state index contributed by atoms with van der Waals surface area (Å²) in [6.45, 7) is 1.97. The van der Waals surface area contributed by atoms with Gasteiger partial charge in [0, 0.05) is 12.1 Å². The van der Waals surface area contributed by atoms with E-state index in [-0.39, 0.29) is 11.8 Å². The number of carbonyl (C=O) groups is 1. The summed E-state index contributed by atoms with van der Waals surface area (Å²) in [4.78, 5) is 17.1. The van der Waals surface area contributed by atoms with Crippen LogP contribution in [0.4, 0.5) is 0 Å². The Kier molecular flexibility index (Phi) is 3.41. The lowest BCUT2D eigenvalue weighted by Gasteiger charge is -2.29. The Bertz CT molecular complexity index is 438. The van der Waals surface area contributed by atoms with Gasteiger partial charge in [0.2, 0.25) is 0 Å². The lowest BCUT2D eigenvalue weighted by Crippen LogP contribution is -2.35. The number of carbonyl (C=O) groups excluding carboxylic acids is 1. The third kappa shape index (κ3) is 2.19. The van der Waals surface area contributed by atoms with Crippen molar-refractivity contribution in [2.45, 2.75) is 38.0 Å². The molecule has 0 aromatic carbocycles. The fourth-order valence-electron chi connectivity index (χ4n) is 3.28. The second kappa shape index (κ2) is 5.19. The Morgan fingerprint density at radius 2 is 2.11 bits per heavy atom. The third-order valence-corrected chi connectivity index (χ3v) is 4.28. The van der Waals surface area contributed by atoms with E-state index < -0.39 is 0 Å². The smallest absolute Gasteiger partial charge is 0.145 e. The Morgan fingerprint density at radius 3 is 2.94 bits per heavy atom.